The molecule has 2 aromatic rings. The van der Waals surface area contributed by atoms with Gasteiger partial charge < -0.3 is 15.4 Å². The third-order valence-electron chi connectivity index (χ3n) is 4.41. The van der Waals surface area contributed by atoms with Gasteiger partial charge in [0, 0.05) is 43.0 Å². The van der Waals surface area contributed by atoms with E-state index in [1.54, 1.807) is 0 Å². The fraction of sp³-hybridized carbons (Fsp3) is 0.450. The standard InChI is InChI=1S/C20H28N4OS/c1-16-6-7-19(26-16)14-23-20(21-2)22-13-17-4-3-5-18(12-17)15-24-8-10-25-11-9-24/h3-7,12H,8-11,13-15H2,1-2H3,(H2,21,22,23). The monoisotopic (exact) mass is 372 g/mol. The van der Waals surface area contributed by atoms with Crippen molar-refractivity contribution in [2.45, 2.75) is 26.6 Å². The smallest absolute Gasteiger partial charge is 0.191 e. The summed E-state index contributed by atoms with van der Waals surface area (Å²) in [6.07, 6.45) is 0. The van der Waals surface area contributed by atoms with Gasteiger partial charge in [0.25, 0.3) is 0 Å². The Labute approximate surface area is 160 Å². The van der Waals surface area contributed by atoms with Gasteiger partial charge in [-0.3, -0.25) is 9.89 Å². The molecule has 0 aliphatic carbocycles. The van der Waals surface area contributed by atoms with E-state index in [0.717, 1.165) is 51.9 Å². The fourth-order valence-electron chi connectivity index (χ4n) is 3.01. The second-order valence-electron chi connectivity index (χ2n) is 6.50. The Kier molecular flexibility index (Phi) is 7.05. The van der Waals surface area contributed by atoms with Crippen molar-refractivity contribution >= 4 is 17.3 Å². The van der Waals surface area contributed by atoms with Crippen molar-refractivity contribution in [2.75, 3.05) is 33.4 Å². The number of hydrogen-bond donors (Lipinski definition) is 2. The third-order valence-corrected chi connectivity index (χ3v) is 5.41. The first-order valence-electron chi connectivity index (χ1n) is 9.10. The van der Waals surface area contributed by atoms with Crippen molar-refractivity contribution < 1.29 is 4.74 Å². The predicted octanol–water partition coefficient (Wildman–Crippen LogP) is 2.75. The summed E-state index contributed by atoms with van der Waals surface area (Å²) < 4.78 is 5.42. The lowest BCUT2D eigenvalue weighted by Crippen LogP contribution is -2.36. The van der Waals surface area contributed by atoms with Gasteiger partial charge >= 0.3 is 0 Å². The molecule has 140 valence electrons. The van der Waals surface area contributed by atoms with Gasteiger partial charge in [-0.25, -0.2) is 0 Å². The number of aliphatic imine (C=N–C) groups is 1. The molecule has 26 heavy (non-hydrogen) atoms. The third kappa shape index (κ3) is 5.83. The molecule has 5 nitrogen and oxygen atoms in total. The van der Waals surface area contributed by atoms with Crippen LogP contribution in [0.25, 0.3) is 0 Å². The molecule has 0 spiro atoms. The number of ether oxygens (including phenoxy) is 1. The highest BCUT2D eigenvalue weighted by Crippen LogP contribution is 2.14. The summed E-state index contributed by atoms with van der Waals surface area (Å²) in [6, 6.07) is 13.1. The number of morpholine rings is 1. The van der Waals surface area contributed by atoms with Crippen molar-refractivity contribution in [1.82, 2.24) is 15.5 Å². The number of benzene rings is 1. The van der Waals surface area contributed by atoms with Gasteiger partial charge in [0.05, 0.1) is 19.8 Å². The van der Waals surface area contributed by atoms with E-state index in [1.165, 1.54) is 20.9 Å². The maximum absolute atomic E-state index is 5.42. The van der Waals surface area contributed by atoms with Gasteiger partial charge in [-0.2, -0.15) is 0 Å². The van der Waals surface area contributed by atoms with Crippen LogP contribution in [0.2, 0.25) is 0 Å². The molecule has 6 heteroatoms. The van der Waals surface area contributed by atoms with Crippen molar-refractivity contribution in [3.05, 3.63) is 57.3 Å². The first-order valence-corrected chi connectivity index (χ1v) is 9.92. The van der Waals surface area contributed by atoms with Crippen LogP contribution in [-0.4, -0.2) is 44.2 Å². The zero-order chi connectivity index (χ0) is 18.2. The summed E-state index contributed by atoms with van der Waals surface area (Å²) in [5, 5.41) is 6.78. The van der Waals surface area contributed by atoms with Gasteiger partial charge in [0.2, 0.25) is 0 Å². The molecule has 1 fully saturated rings. The van der Waals surface area contributed by atoms with Gasteiger partial charge in [-0.15, -0.1) is 11.3 Å². The molecule has 0 unspecified atom stereocenters. The van der Waals surface area contributed by atoms with E-state index in [1.807, 2.05) is 18.4 Å². The van der Waals surface area contributed by atoms with E-state index in [-0.39, 0.29) is 0 Å². The Morgan fingerprint density at radius 1 is 1.12 bits per heavy atom. The topological polar surface area (TPSA) is 48.9 Å². The molecule has 1 aliphatic heterocycles. The molecule has 1 aromatic heterocycles. The summed E-state index contributed by atoms with van der Waals surface area (Å²) >= 11 is 1.81. The van der Waals surface area contributed by atoms with E-state index in [2.05, 4.69) is 63.8 Å². The maximum atomic E-state index is 5.42. The lowest BCUT2D eigenvalue weighted by atomic mass is 10.1. The highest BCUT2D eigenvalue weighted by molar-refractivity contribution is 7.11. The lowest BCUT2D eigenvalue weighted by molar-refractivity contribution is 0.0342. The molecule has 1 aromatic carbocycles. The summed E-state index contributed by atoms with van der Waals surface area (Å²) in [7, 11) is 1.81. The van der Waals surface area contributed by atoms with Gasteiger partial charge in [0.1, 0.15) is 0 Å². The highest BCUT2D eigenvalue weighted by atomic mass is 32.1. The predicted molar refractivity (Wildman–Crippen MR) is 109 cm³/mol. The van der Waals surface area contributed by atoms with Crippen LogP contribution >= 0.6 is 11.3 Å². The normalized spacial score (nSPS) is 15.8. The van der Waals surface area contributed by atoms with Gasteiger partial charge in [-0.05, 0) is 30.2 Å². The van der Waals surface area contributed by atoms with Crippen molar-refractivity contribution in [3.63, 3.8) is 0 Å². The van der Waals surface area contributed by atoms with Crippen molar-refractivity contribution in [2.24, 2.45) is 4.99 Å². The molecule has 0 amide bonds. The number of hydrogen-bond acceptors (Lipinski definition) is 4. The fourth-order valence-corrected chi connectivity index (χ4v) is 3.84. The summed E-state index contributed by atoms with van der Waals surface area (Å²) in [5.41, 5.74) is 2.62. The molecule has 1 aliphatic rings. The average Bonchev–Trinajstić information content (AvgIpc) is 3.08. The molecule has 2 N–H and O–H groups in total. The van der Waals surface area contributed by atoms with Crippen LogP contribution in [0.15, 0.2) is 41.4 Å². The molecule has 2 heterocycles. The number of nitrogens with zero attached hydrogens (tertiary/aromatic N) is 2. The molecular weight excluding hydrogens is 344 g/mol. The van der Waals surface area contributed by atoms with E-state index in [0.29, 0.717) is 0 Å². The summed E-state index contributed by atoms with van der Waals surface area (Å²) in [5.74, 6) is 0.828. The van der Waals surface area contributed by atoms with E-state index in [4.69, 9.17) is 4.74 Å². The number of rotatable bonds is 6. The maximum Gasteiger partial charge on any atom is 0.191 e. The van der Waals surface area contributed by atoms with Crippen LogP contribution in [0.5, 0.6) is 0 Å². The van der Waals surface area contributed by atoms with Crippen LogP contribution in [0.3, 0.4) is 0 Å². The zero-order valence-electron chi connectivity index (χ0n) is 15.6. The van der Waals surface area contributed by atoms with Crippen LogP contribution in [0.1, 0.15) is 20.9 Å². The Morgan fingerprint density at radius 2 is 1.88 bits per heavy atom. The second-order valence-corrected chi connectivity index (χ2v) is 7.87. The number of thiophene rings is 1. The summed E-state index contributed by atoms with van der Waals surface area (Å²) in [4.78, 5) is 9.41. The van der Waals surface area contributed by atoms with Crippen molar-refractivity contribution in [3.8, 4) is 0 Å². The van der Waals surface area contributed by atoms with Crippen LogP contribution in [-0.2, 0) is 24.4 Å². The Hall–Kier alpha value is -1.89. The Balaban J connectivity index is 1.48. The van der Waals surface area contributed by atoms with E-state index in [9.17, 15) is 0 Å². The second kappa shape index (κ2) is 9.71. The Morgan fingerprint density at radius 3 is 2.62 bits per heavy atom. The quantitative estimate of drug-likeness (QED) is 0.605. The van der Waals surface area contributed by atoms with E-state index < -0.39 is 0 Å². The molecule has 0 atom stereocenters. The molecular formula is C20H28N4OS. The zero-order valence-corrected chi connectivity index (χ0v) is 16.4. The average molecular weight is 373 g/mol. The van der Waals surface area contributed by atoms with E-state index >= 15 is 0 Å². The van der Waals surface area contributed by atoms with Gasteiger partial charge in [0.15, 0.2) is 5.96 Å². The minimum absolute atomic E-state index is 0.764. The largest absolute Gasteiger partial charge is 0.379 e. The molecule has 1 saturated heterocycles. The van der Waals surface area contributed by atoms with Crippen LogP contribution < -0.4 is 10.6 Å². The van der Waals surface area contributed by atoms with Gasteiger partial charge in [-0.1, -0.05) is 24.3 Å². The number of aryl methyl sites for hydroxylation is 1. The SMILES string of the molecule is CN=C(NCc1cccc(CN2CCOCC2)c1)NCc1ccc(C)s1. The minimum Gasteiger partial charge on any atom is -0.379 e. The first-order chi connectivity index (χ1) is 12.7. The molecule has 0 radical (unpaired) electrons. The van der Waals surface area contributed by atoms with Crippen LogP contribution in [0, 0.1) is 6.92 Å². The van der Waals surface area contributed by atoms with Crippen molar-refractivity contribution in [1.29, 1.82) is 0 Å². The van der Waals surface area contributed by atoms with Crippen LogP contribution in [0.4, 0.5) is 0 Å². The molecule has 0 bridgehead atoms. The summed E-state index contributed by atoms with van der Waals surface area (Å²) in [6.45, 7) is 8.39. The number of nitrogens with one attached hydrogen (secondary N) is 2. The number of guanidine groups is 1. The lowest BCUT2D eigenvalue weighted by Gasteiger charge is -2.26. The molecule has 0 saturated carbocycles. The molecule has 3 rings (SSSR count). The Bertz CT molecular complexity index is 722. The highest BCUT2D eigenvalue weighted by Gasteiger charge is 2.10. The first kappa shape index (κ1) is 18.9. The minimum atomic E-state index is 0.764.